The number of imide groups is 1. The van der Waals surface area contributed by atoms with Crippen molar-refractivity contribution in [1.29, 1.82) is 0 Å². The van der Waals surface area contributed by atoms with Crippen molar-refractivity contribution in [2.24, 2.45) is 0 Å². The Balaban J connectivity index is 2.15. The Morgan fingerprint density at radius 1 is 0.960 bits per heavy atom. The molecule has 1 saturated heterocycles. The molecule has 0 spiro atoms. The molecule has 3 rings (SSSR count). The maximum atomic E-state index is 12.7. The summed E-state index contributed by atoms with van der Waals surface area (Å²) in [4.78, 5) is 38.1. The Labute approximate surface area is 144 Å². The Bertz CT molecular complexity index is 911. The van der Waals surface area contributed by atoms with Crippen LogP contribution in [0, 0.1) is 0 Å². The molecule has 0 saturated carbocycles. The summed E-state index contributed by atoms with van der Waals surface area (Å²) in [5, 5.41) is 10.4. The van der Waals surface area contributed by atoms with Crippen LogP contribution in [0.25, 0.3) is 11.8 Å². The van der Waals surface area contributed by atoms with Gasteiger partial charge in [0.25, 0.3) is 5.91 Å². The maximum absolute atomic E-state index is 12.7. The van der Waals surface area contributed by atoms with Crippen LogP contribution in [0.1, 0.15) is 18.1 Å². The summed E-state index contributed by atoms with van der Waals surface area (Å²) < 4.78 is 0. The SMILES string of the molecule is CC(=O)N1C(=O)/C(=C(/O)c2ccccc2)C(=O)/C1=C/c1ccccc1. The number of nitrogens with zero attached hydrogens (tertiary/aromatic N) is 1. The zero-order valence-corrected chi connectivity index (χ0v) is 13.5. The van der Waals surface area contributed by atoms with Gasteiger partial charge in [0, 0.05) is 12.5 Å². The number of Topliss-reactive ketones (excluding diaryl/α,β-unsaturated/α-hetero) is 1. The molecule has 25 heavy (non-hydrogen) atoms. The van der Waals surface area contributed by atoms with Crippen molar-refractivity contribution in [1.82, 2.24) is 4.90 Å². The average molecular weight is 333 g/mol. The minimum atomic E-state index is -0.818. The molecular formula is C20H15NO4. The highest BCUT2D eigenvalue weighted by molar-refractivity contribution is 6.39. The summed E-state index contributed by atoms with van der Waals surface area (Å²) in [6, 6.07) is 17.2. The number of aliphatic hydroxyl groups is 1. The van der Waals surface area contributed by atoms with Gasteiger partial charge in [0.15, 0.2) is 0 Å². The lowest BCUT2D eigenvalue weighted by atomic mass is 10.0. The van der Waals surface area contributed by atoms with Gasteiger partial charge in [-0.05, 0) is 11.6 Å². The smallest absolute Gasteiger partial charge is 0.273 e. The van der Waals surface area contributed by atoms with Crippen molar-refractivity contribution in [3.63, 3.8) is 0 Å². The third-order valence-corrected chi connectivity index (χ3v) is 3.82. The van der Waals surface area contributed by atoms with Gasteiger partial charge in [0.05, 0.1) is 0 Å². The number of allylic oxidation sites excluding steroid dienone is 1. The second kappa shape index (κ2) is 6.57. The van der Waals surface area contributed by atoms with Crippen molar-refractivity contribution < 1.29 is 19.5 Å². The van der Waals surface area contributed by atoms with E-state index in [0.29, 0.717) is 11.1 Å². The topological polar surface area (TPSA) is 74.7 Å². The first kappa shape index (κ1) is 16.4. The van der Waals surface area contributed by atoms with E-state index in [1.165, 1.54) is 13.0 Å². The Morgan fingerprint density at radius 3 is 2.08 bits per heavy atom. The molecule has 1 N–H and O–H groups in total. The van der Waals surface area contributed by atoms with Gasteiger partial charge in [-0.2, -0.15) is 0 Å². The Hall–Kier alpha value is -3.47. The predicted octanol–water partition coefficient (Wildman–Crippen LogP) is 2.95. The van der Waals surface area contributed by atoms with Gasteiger partial charge in [0.1, 0.15) is 17.0 Å². The molecule has 5 nitrogen and oxygen atoms in total. The third kappa shape index (κ3) is 2.99. The second-order valence-electron chi connectivity index (χ2n) is 5.52. The quantitative estimate of drug-likeness (QED) is 0.521. The number of benzene rings is 2. The van der Waals surface area contributed by atoms with E-state index in [0.717, 1.165) is 4.90 Å². The highest BCUT2D eigenvalue weighted by atomic mass is 16.3. The number of amides is 2. The van der Waals surface area contributed by atoms with Crippen molar-refractivity contribution >= 4 is 29.4 Å². The number of carbonyl (C=O) groups is 3. The Kier molecular flexibility index (Phi) is 4.31. The fraction of sp³-hybridized carbons (Fsp3) is 0.0500. The van der Waals surface area contributed by atoms with Crippen LogP contribution in [0.3, 0.4) is 0 Å². The van der Waals surface area contributed by atoms with Crippen LogP contribution < -0.4 is 0 Å². The monoisotopic (exact) mass is 333 g/mol. The highest BCUT2D eigenvalue weighted by Crippen LogP contribution is 2.30. The van der Waals surface area contributed by atoms with Crippen LogP contribution in [-0.4, -0.2) is 27.6 Å². The molecule has 0 aromatic heterocycles. The molecule has 1 fully saturated rings. The highest BCUT2D eigenvalue weighted by Gasteiger charge is 2.43. The predicted molar refractivity (Wildman–Crippen MR) is 92.9 cm³/mol. The molecule has 0 aliphatic carbocycles. The fourth-order valence-electron chi connectivity index (χ4n) is 2.65. The lowest BCUT2D eigenvalue weighted by Gasteiger charge is -2.11. The molecule has 0 unspecified atom stereocenters. The number of hydrogen-bond acceptors (Lipinski definition) is 4. The molecule has 5 heteroatoms. The van der Waals surface area contributed by atoms with Crippen LogP contribution in [0.4, 0.5) is 0 Å². The van der Waals surface area contributed by atoms with Crippen molar-refractivity contribution in [3.05, 3.63) is 83.1 Å². The number of hydrogen-bond donors (Lipinski definition) is 1. The molecule has 2 aromatic carbocycles. The molecule has 0 atom stereocenters. The van der Waals surface area contributed by atoms with Gasteiger partial charge in [-0.3, -0.25) is 14.4 Å². The van der Waals surface area contributed by atoms with E-state index in [2.05, 4.69) is 0 Å². The molecular weight excluding hydrogens is 318 g/mol. The van der Waals surface area contributed by atoms with Crippen LogP contribution in [-0.2, 0) is 14.4 Å². The van der Waals surface area contributed by atoms with Crippen LogP contribution >= 0.6 is 0 Å². The van der Waals surface area contributed by atoms with Crippen LogP contribution in [0.2, 0.25) is 0 Å². The molecule has 0 bridgehead atoms. The zero-order valence-electron chi connectivity index (χ0n) is 13.5. The average Bonchev–Trinajstić information content (AvgIpc) is 2.86. The second-order valence-corrected chi connectivity index (χ2v) is 5.52. The standard InChI is InChI=1S/C20H15NO4/c1-13(22)21-16(12-14-8-4-2-5-9-14)19(24)17(20(21)25)18(23)15-10-6-3-7-11-15/h2-12,23H,1H3/b16-12-,18-17+. The third-order valence-electron chi connectivity index (χ3n) is 3.82. The molecule has 1 aliphatic heterocycles. The number of ketones is 1. The van der Waals surface area contributed by atoms with Crippen molar-refractivity contribution in [2.75, 3.05) is 0 Å². The molecule has 2 amide bonds. The fourth-order valence-corrected chi connectivity index (χ4v) is 2.65. The molecule has 2 aromatic rings. The van der Waals surface area contributed by atoms with E-state index in [4.69, 9.17) is 0 Å². The number of rotatable bonds is 2. The minimum Gasteiger partial charge on any atom is -0.506 e. The van der Waals surface area contributed by atoms with E-state index in [1.807, 2.05) is 6.07 Å². The molecule has 1 heterocycles. The summed E-state index contributed by atoms with van der Waals surface area (Å²) >= 11 is 0. The first-order chi connectivity index (χ1) is 12.0. The number of likely N-dealkylation sites (tertiary alicyclic amines) is 1. The van der Waals surface area contributed by atoms with Gasteiger partial charge < -0.3 is 5.11 Å². The number of carbonyl (C=O) groups excluding carboxylic acids is 3. The summed E-state index contributed by atoms with van der Waals surface area (Å²) in [5.74, 6) is -2.51. The summed E-state index contributed by atoms with van der Waals surface area (Å²) in [5.41, 5.74) is 0.541. The molecule has 124 valence electrons. The largest absolute Gasteiger partial charge is 0.506 e. The van der Waals surface area contributed by atoms with Gasteiger partial charge in [-0.15, -0.1) is 0 Å². The lowest BCUT2D eigenvalue weighted by Crippen LogP contribution is -2.29. The van der Waals surface area contributed by atoms with E-state index >= 15 is 0 Å². The van der Waals surface area contributed by atoms with Crippen molar-refractivity contribution in [3.8, 4) is 0 Å². The van der Waals surface area contributed by atoms with Gasteiger partial charge >= 0.3 is 0 Å². The first-order valence-corrected chi connectivity index (χ1v) is 7.66. The molecule has 0 radical (unpaired) electrons. The van der Waals surface area contributed by atoms with Gasteiger partial charge in [-0.1, -0.05) is 60.7 Å². The summed E-state index contributed by atoms with van der Waals surface area (Å²) in [7, 11) is 0. The molecule has 1 aliphatic rings. The van der Waals surface area contributed by atoms with E-state index in [-0.39, 0.29) is 5.70 Å². The van der Waals surface area contributed by atoms with Gasteiger partial charge in [-0.25, -0.2) is 4.90 Å². The maximum Gasteiger partial charge on any atom is 0.273 e. The van der Waals surface area contributed by atoms with Crippen molar-refractivity contribution in [2.45, 2.75) is 6.92 Å². The zero-order chi connectivity index (χ0) is 18.0. The van der Waals surface area contributed by atoms with Crippen LogP contribution in [0.15, 0.2) is 71.9 Å². The van der Waals surface area contributed by atoms with Gasteiger partial charge in [0.2, 0.25) is 11.7 Å². The number of aliphatic hydroxyl groups excluding tert-OH is 1. The van der Waals surface area contributed by atoms with E-state index < -0.39 is 28.9 Å². The van der Waals surface area contributed by atoms with Crippen LogP contribution in [0.5, 0.6) is 0 Å². The minimum absolute atomic E-state index is 0.0684. The van der Waals surface area contributed by atoms with E-state index in [1.54, 1.807) is 54.6 Å². The Morgan fingerprint density at radius 2 is 1.52 bits per heavy atom. The first-order valence-electron chi connectivity index (χ1n) is 7.66. The summed E-state index contributed by atoms with van der Waals surface area (Å²) in [6.45, 7) is 1.20. The normalized spacial score (nSPS) is 18.0. The summed E-state index contributed by atoms with van der Waals surface area (Å²) in [6.07, 6.45) is 1.47. The van der Waals surface area contributed by atoms with E-state index in [9.17, 15) is 19.5 Å². The lowest BCUT2D eigenvalue weighted by molar-refractivity contribution is -0.137.